The summed E-state index contributed by atoms with van der Waals surface area (Å²) in [4.78, 5) is 16.6. The Kier molecular flexibility index (Phi) is 7.55. The first kappa shape index (κ1) is 19.0. The molecule has 5 nitrogen and oxygen atoms in total. The zero-order valence-corrected chi connectivity index (χ0v) is 15.9. The van der Waals surface area contributed by atoms with Crippen LogP contribution in [-0.4, -0.2) is 71.0 Å². The van der Waals surface area contributed by atoms with Crippen molar-refractivity contribution in [3.63, 3.8) is 0 Å². The van der Waals surface area contributed by atoms with Crippen LogP contribution in [0.15, 0.2) is 48.8 Å². The van der Waals surface area contributed by atoms with Crippen LogP contribution in [0.2, 0.25) is 0 Å². The van der Waals surface area contributed by atoms with E-state index < -0.39 is 0 Å². The lowest BCUT2D eigenvalue weighted by atomic mass is 10.2. The van der Waals surface area contributed by atoms with Crippen molar-refractivity contribution in [2.24, 2.45) is 0 Å². The van der Waals surface area contributed by atoms with Crippen LogP contribution in [0.25, 0.3) is 0 Å². The van der Waals surface area contributed by atoms with Crippen molar-refractivity contribution in [3.8, 4) is 0 Å². The van der Waals surface area contributed by atoms with Gasteiger partial charge in [0.2, 0.25) is 0 Å². The smallest absolute Gasteiger partial charge is 0.0543 e. The number of rotatable bonds is 4. The molecule has 0 amide bonds. The maximum absolute atomic E-state index is 4.51. The van der Waals surface area contributed by atoms with Gasteiger partial charge in [-0.2, -0.15) is 0 Å². The molecule has 1 aliphatic rings. The largest absolute Gasteiger partial charge is 0.306 e. The fourth-order valence-electron chi connectivity index (χ4n) is 3.50. The molecule has 0 radical (unpaired) electrons. The first-order valence-corrected chi connectivity index (χ1v) is 9.73. The summed E-state index contributed by atoms with van der Waals surface area (Å²) in [6.07, 6.45) is 6.21. The molecule has 0 aliphatic carbocycles. The SMILES string of the molecule is CN1CCCN(Cc2ccccn2)CCN(Cc2ccccn2)CCC1. The van der Waals surface area contributed by atoms with Crippen molar-refractivity contribution in [1.29, 1.82) is 0 Å². The molecule has 0 saturated carbocycles. The molecule has 5 heteroatoms. The maximum Gasteiger partial charge on any atom is 0.0543 e. The zero-order valence-electron chi connectivity index (χ0n) is 15.9. The molecule has 0 aromatic carbocycles. The molecular weight excluding hydrogens is 322 g/mol. The molecule has 3 rings (SSSR count). The van der Waals surface area contributed by atoms with Crippen molar-refractivity contribution in [1.82, 2.24) is 24.7 Å². The van der Waals surface area contributed by atoms with Crippen molar-refractivity contribution in [2.75, 3.05) is 46.3 Å². The van der Waals surface area contributed by atoms with Crippen LogP contribution in [-0.2, 0) is 13.1 Å². The van der Waals surface area contributed by atoms with Gasteiger partial charge < -0.3 is 4.90 Å². The molecule has 2 aromatic rings. The summed E-state index contributed by atoms with van der Waals surface area (Å²) in [5.74, 6) is 0. The Hall–Kier alpha value is -1.82. The Labute approximate surface area is 157 Å². The Balaban J connectivity index is 1.63. The molecule has 0 bridgehead atoms. The van der Waals surface area contributed by atoms with E-state index in [0.29, 0.717) is 0 Å². The highest BCUT2D eigenvalue weighted by Gasteiger charge is 2.14. The maximum atomic E-state index is 4.51. The van der Waals surface area contributed by atoms with Gasteiger partial charge >= 0.3 is 0 Å². The third-order valence-electron chi connectivity index (χ3n) is 4.98. The molecule has 0 spiro atoms. The summed E-state index contributed by atoms with van der Waals surface area (Å²) in [5.41, 5.74) is 2.32. The second-order valence-electron chi connectivity index (χ2n) is 7.20. The van der Waals surface area contributed by atoms with Crippen molar-refractivity contribution in [2.45, 2.75) is 25.9 Å². The number of pyridine rings is 2. The number of aromatic nitrogens is 2. The Bertz CT molecular complexity index is 563. The molecular formula is C21H31N5. The van der Waals surface area contributed by atoms with E-state index in [4.69, 9.17) is 0 Å². The molecule has 0 N–H and O–H groups in total. The summed E-state index contributed by atoms with van der Waals surface area (Å²) in [6.45, 7) is 8.60. The molecule has 0 unspecified atom stereocenters. The lowest BCUT2D eigenvalue weighted by Gasteiger charge is -2.27. The van der Waals surface area contributed by atoms with Gasteiger partial charge in [0.15, 0.2) is 0 Å². The lowest BCUT2D eigenvalue weighted by molar-refractivity contribution is 0.192. The highest BCUT2D eigenvalue weighted by Crippen LogP contribution is 2.08. The van der Waals surface area contributed by atoms with Crippen LogP contribution in [0.3, 0.4) is 0 Å². The van der Waals surface area contributed by atoms with Crippen LogP contribution in [0.1, 0.15) is 24.2 Å². The van der Waals surface area contributed by atoms with Gasteiger partial charge in [-0.15, -0.1) is 0 Å². The van der Waals surface area contributed by atoms with Gasteiger partial charge in [-0.25, -0.2) is 0 Å². The van der Waals surface area contributed by atoms with E-state index in [-0.39, 0.29) is 0 Å². The van der Waals surface area contributed by atoms with Crippen LogP contribution in [0.4, 0.5) is 0 Å². The minimum Gasteiger partial charge on any atom is -0.306 e. The van der Waals surface area contributed by atoms with Gasteiger partial charge in [-0.3, -0.25) is 19.8 Å². The summed E-state index contributed by atoms with van der Waals surface area (Å²) < 4.78 is 0. The topological polar surface area (TPSA) is 35.5 Å². The molecule has 26 heavy (non-hydrogen) atoms. The average Bonchev–Trinajstić information content (AvgIpc) is 2.70. The highest BCUT2D eigenvalue weighted by molar-refractivity contribution is 5.04. The van der Waals surface area contributed by atoms with Gasteiger partial charge in [0, 0.05) is 38.6 Å². The van der Waals surface area contributed by atoms with E-state index >= 15 is 0 Å². The molecule has 140 valence electrons. The monoisotopic (exact) mass is 353 g/mol. The molecule has 1 saturated heterocycles. The standard InChI is InChI=1S/C21H31N5/c1-24-12-6-14-25(18-20-8-2-4-10-22-20)16-17-26(15-7-13-24)19-21-9-3-5-11-23-21/h2-5,8-11H,6-7,12-19H2,1H3. The van der Waals surface area contributed by atoms with E-state index in [9.17, 15) is 0 Å². The number of hydrogen-bond donors (Lipinski definition) is 0. The Morgan fingerprint density at radius 1 is 0.692 bits per heavy atom. The molecule has 2 aromatic heterocycles. The zero-order chi connectivity index (χ0) is 18.0. The molecule has 1 fully saturated rings. The first-order chi connectivity index (χ1) is 12.8. The van der Waals surface area contributed by atoms with Crippen molar-refractivity contribution in [3.05, 3.63) is 60.2 Å². The van der Waals surface area contributed by atoms with E-state index in [1.807, 2.05) is 24.5 Å². The predicted octanol–water partition coefficient (Wildman–Crippen LogP) is 2.51. The minimum atomic E-state index is 0.933. The molecule has 3 heterocycles. The van der Waals surface area contributed by atoms with Gasteiger partial charge in [-0.05, 0) is 70.3 Å². The van der Waals surface area contributed by atoms with Crippen LogP contribution < -0.4 is 0 Å². The van der Waals surface area contributed by atoms with Crippen molar-refractivity contribution >= 4 is 0 Å². The summed E-state index contributed by atoms with van der Waals surface area (Å²) in [7, 11) is 2.24. The number of hydrogen-bond acceptors (Lipinski definition) is 5. The summed E-state index contributed by atoms with van der Waals surface area (Å²) in [5, 5.41) is 0. The van der Waals surface area contributed by atoms with Crippen LogP contribution >= 0.6 is 0 Å². The molecule has 1 aliphatic heterocycles. The fraction of sp³-hybridized carbons (Fsp3) is 0.524. The van der Waals surface area contributed by atoms with Gasteiger partial charge in [0.05, 0.1) is 11.4 Å². The van der Waals surface area contributed by atoms with Gasteiger partial charge in [0.1, 0.15) is 0 Å². The minimum absolute atomic E-state index is 0.933. The second kappa shape index (κ2) is 10.4. The van der Waals surface area contributed by atoms with Crippen LogP contribution in [0.5, 0.6) is 0 Å². The third kappa shape index (κ3) is 6.48. The van der Waals surface area contributed by atoms with Gasteiger partial charge in [0.25, 0.3) is 0 Å². The first-order valence-electron chi connectivity index (χ1n) is 9.73. The van der Waals surface area contributed by atoms with E-state index in [2.05, 4.69) is 56.0 Å². The van der Waals surface area contributed by atoms with Gasteiger partial charge in [-0.1, -0.05) is 12.1 Å². The molecule has 0 atom stereocenters. The van der Waals surface area contributed by atoms with Crippen LogP contribution in [0, 0.1) is 0 Å². The van der Waals surface area contributed by atoms with E-state index in [0.717, 1.165) is 50.7 Å². The Morgan fingerprint density at radius 2 is 1.19 bits per heavy atom. The highest BCUT2D eigenvalue weighted by atomic mass is 15.2. The third-order valence-corrected chi connectivity index (χ3v) is 4.98. The van der Waals surface area contributed by atoms with Crippen molar-refractivity contribution < 1.29 is 0 Å². The predicted molar refractivity (Wildman–Crippen MR) is 106 cm³/mol. The quantitative estimate of drug-likeness (QED) is 0.844. The normalized spacial score (nSPS) is 19.1. The lowest BCUT2D eigenvalue weighted by Crippen LogP contribution is -2.36. The number of nitrogens with zero attached hydrogens (tertiary/aromatic N) is 5. The van der Waals surface area contributed by atoms with E-state index in [1.54, 1.807) is 0 Å². The Morgan fingerprint density at radius 3 is 1.62 bits per heavy atom. The summed E-state index contributed by atoms with van der Waals surface area (Å²) >= 11 is 0. The average molecular weight is 354 g/mol. The van der Waals surface area contributed by atoms with E-state index in [1.165, 1.54) is 25.9 Å². The fourth-order valence-corrected chi connectivity index (χ4v) is 3.50. The second-order valence-corrected chi connectivity index (χ2v) is 7.20. The summed E-state index contributed by atoms with van der Waals surface area (Å²) in [6, 6.07) is 12.4.